The normalized spacial score (nSPS) is 10.9. The predicted octanol–water partition coefficient (Wildman–Crippen LogP) is 3.34. The third-order valence-electron chi connectivity index (χ3n) is 4.52. The summed E-state index contributed by atoms with van der Waals surface area (Å²) >= 11 is 0. The van der Waals surface area contributed by atoms with Crippen LogP contribution >= 0.6 is 0 Å². The fourth-order valence-corrected chi connectivity index (χ4v) is 3.13. The Labute approximate surface area is 165 Å². The molecule has 0 bridgehead atoms. The van der Waals surface area contributed by atoms with Gasteiger partial charge in [0.25, 0.3) is 11.5 Å². The number of carbonyl (C=O) groups is 1. The maximum atomic E-state index is 12.4. The van der Waals surface area contributed by atoms with Crippen LogP contribution in [0.3, 0.4) is 0 Å². The monoisotopic (exact) mass is 375 g/mol. The number of H-pyrrole nitrogens is 1. The van der Waals surface area contributed by atoms with E-state index in [-0.39, 0.29) is 17.0 Å². The highest BCUT2D eigenvalue weighted by Crippen LogP contribution is 2.24. The van der Waals surface area contributed by atoms with Gasteiger partial charge in [-0.2, -0.15) is 0 Å². The zero-order chi connectivity index (χ0) is 20.1. The molecule has 1 aromatic heterocycles. The van der Waals surface area contributed by atoms with E-state index in [1.165, 1.54) is 5.56 Å². The molecule has 2 N–H and O–H groups in total. The number of rotatable bonds is 6. The van der Waals surface area contributed by atoms with Gasteiger partial charge in [0.05, 0.1) is 0 Å². The van der Waals surface area contributed by atoms with Crippen molar-refractivity contribution in [2.75, 3.05) is 14.1 Å². The van der Waals surface area contributed by atoms with Crippen molar-refractivity contribution in [3.05, 3.63) is 93.4 Å². The maximum Gasteiger partial charge on any atom is 0.260 e. The molecule has 0 saturated carbocycles. The summed E-state index contributed by atoms with van der Waals surface area (Å²) in [6, 6.07) is 19.7. The molecule has 0 saturated heterocycles. The largest absolute Gasteiger partial charge is 0.348 e. The molecule has 5 nitrogen and oxygen atoms in total. The van der Waals surface area contributed by atoms with Gasteiger partial charge in [0.15, 0.2) is 0 Å². The predicted molar refractivity (Wildman–Crippen MR) is 112 cm³/mol. The van der Waals surface area contributed by atoms with Crippen molar-refractivity contribution < 1.29 is 4.79 Å². The molecule has 28 heavy (non-hydrogen) atoms. The molecular formula is C23H25N3O2. The second kappa shape index (κ2) is 8.67. The van der Waals surface area contributed by atoms with Gasteiger partial charge < -0.3 is 15.2 Å². The Kier molecular flexibility index (Phi) is 6.06. The van der Waals surface area contributed by atoms with Crippen molar-refractivity contribution in [2.45, 2.75) is 20.0 Å². The number of hydrogen-bond donors (Lipinski definition) is 2. The highest BCUT2D eigenvalue weighted by atomic mass is 16.2. The van der Waals surface area contributed by atoms with Crippen LogP contribution in [-0.4, -0.2) is 29.9 Å². The molecule has 0 aliphatic carbocycles. The van der Waals surface area contributed by atoms with Crippen LogP contribution in [-0.2, 0) is 13.1 Å². The Morgan fingerprint density at radius 2 is 1.71 bits per heavy atom. The number of pyridine rings is 1. The number of nitrogens with one attached hydrogen (secondary N) is 2. The minimum atomic E-state index is -0.377. The lowest BCUT2D eigenvalue weighted by Gasteiger charge is -2.13. The van der Waals surface area contributed by atoms with Crippen molar-refractivity contribution in [3.8, 4) is 11.1 Å². The highest BCUT2D eigenvalue weighted by Gasteiger charge is 2.11. The van der Waals surface area contributed by atoms with E-state index in [2.05, 4.69) is 39.5 Å². The Morgan fingerprint density at radius 3 is 2.39 bits per heavy atom. The Hall–Kier alpha value is -3.18. The van der Waals surface area contributed by atoms with Crippen LogP contribution in [0.25, 0.3) is 11.1 Å². The van der Waals surface area contributed by atoms with Crippen molar-refractivity contribution >= 4 is 5.91 Å². The minimum Gasteiger partial charge on any atom is -0.348 e. The van der Waals surface area contributed by atoms with Gasteiger partial charge in [-0.15, -0.1) is 0 Å². The summed E-state index contributed by atoms with van der Waals surface area (Å²) in [5.74, 6) is -0.377. The van der Waals surface area contributed by atoms with Crippen molar-refractivity contribution in [3.63, 3.8) is 0 Å². The first kappa shape index (κ1) is 19.6. The summed E-state index contributed by atoms with van der Waals surface area (Å²) in [6.07, 6.45) is 0. The molecule has 0 fully saturated rings. The molecular weight excluding hydrogens is 350 g/mol. The van der Waals surface area contributed by atoms with E-state index in [0.29, 0.717) is 6.54 Å². The van der Waals surface area contributed by atoms with Crippen LogP contribution in [0.5, 0.6) is 0 Å². The van der Waals surface area contributed by atoms with Crippen LogP contribution in [0, 0.1) is 6.92 Å². The second-order valence-electron chi connectivity index (χ2n) is 7.16. The van der Waals surface area contributed by atoms with Crippen molar-refractivity contribution in [2.24, 2.45) is 0 Å². The Balaban J connectivity index is 1.77. The zero-order valence-corrected chi connectivity index (χ0v) is 16.5. The van der Waals surface area contributed by atoms with E-state index in [0.717, 1.165) is 28.9 Å². The minimum absolute atomic E-state index is 0.121. The third kappa shape index (κ3) is 4.75. The first-order valence-corrected chi connectivity index (χ1v) is 9.24. The van der Waals surface area contributed by atoms with E-state index in [1.54, 1.807) is 19.1 Å². The fraction of sp³-hybridized carbons (Fsp3) is 0.217. The van der Waals surface area contributed by atoms with E-state index in [4.69, 9.17) is 0 Å². The lowest BCUT2D eigenvalue weighted by molar-refractivity contribution is 0.0949. The summed E-state index contributed by atoms with van der Waals surface area (Å²) in [5.41, 5.74) is 4.89. The van der Waals surface area contributed by atoms with E-state index < -0.39 is 0 Å². The highest BCUT2D eigenvalue weighted by molar-refractivity contribution is 5.93. The molecule has 1 amide bonds. The van der Waals surface area contributed by atoms with Crippen molar-refractivity contribution in [1.29, 1.82) is 0 Å². The maximum absolute atomic E-state index is 12.4. The molecule has 0 atom stereocenters. The molecule has 1 heterocycles. The van der Waals surface area contributed by atoms with Gasteiger partial charge in [0.1, 0.15) is 5.56 Å². The molecule has 0 aliphatic rings. The number of amides is 1. The van der Waals surface area contributed by atoms with Gasteiger partial charge in [0.2, 0.25) is 0 Å². The first-order valence-electron chi connectivity index (χ1n) is 9.24. The Bertz CT molecular complexity index is 1020. The number of carbonyl (C=O) groups excluding carboxylic acids is 1. The number of aromatic amines is 1. The van der Waals surface area contributed by atoms with E-state index in [1.807, 2.05) is 38.4 Å². The fourth-order valence-electron chi connectivity index (χ4n) is 3.13. The summed E-state index contributed by atoms with van der Waals surface area (Å²) in [4.78, 5) is 29.2. The number of aromatic nitrogens is 1. The molecule has 0 radical (unpaired) electrons. The zero-order valence-electron chi connectivity index (χ0n) is 16.5. The van der Waals surface area contributed by atoms with Crippen LogP contribution in [0.15, 0.2) is 65.5 Å². The number of hydrogen-bond acceptors (Lipinski definition) is 3. The van der Waals surface area contributed by atoms with Crippen LogP contribution in [0.1, 0.15) is 27.2 Å². The molecule has 5 heteroatoms. The SMILES string of the molecule is Cc1ccc(C(=O)NCc2ccccc2-c2ccc(CN(C)C)cc2)c(=O)[nH]1. The molecule has 0 unspecified atom stereocenters. The number of aryl methyl sites for hydroxylation is 1. The summed E-state index contributed by atoms with van der Waals surface area (Å²) in [6.45, 7) is 3.02. The van der Waals surface area contributed by atoms with E-state index in [9.17, 15) is 9.59 Å². The lowest BCUT2D eigenvalue weighted by atomic mass is 9.98. The molecule has 0 spiro atoms. The van der Waals surface area contributed by atoms with Gasteiger partial charge in [-0.25, -0.2) is 0 Å². The smallest absolute Gasteiger partial charge is 0.260 e. The summed E-state index contributed by atoms with van der Waals surface area (Å²) < 4.78 is 0. The summed E-state index contributed by atoms with van der Waals surface area (Å²) in [7, 11) is 4.09. The van der Waals surface area contributed by atoms with Gasteiger partial charge in [-0.3, -0.25) is 9.59 Å². The Morgan fingerprint density at radius 1 is 1.00 bits per heavy atom. The van der Waals surface area contributed by atoms with Gasteiger partial charge in [0, 0.05) is 18.8 Å². The molecule has 0 aliphatic heterocycles. The van der Waals surface area contributed by atoms with Crippen LogP contribution in [0.2, 0.25) is 0 Å². The van der Waals surface area contributed by atoms with Gasteiger partial charge in [-0.05, 0) is 55.4 Å². The molecule has 144 valence electrons. The first-order chi connectivity index (χ1) is 13.4. The van der Waals surface area contributed by atoms with Gasteiger partial charge in [-0.1, -0.05) is 48.5 Å². The average Bonchev–Trinajstić information content (AvgIpc) is 2.66. The van der Waals surface area contributed by atoms with Crippen molar-refractivity contribution in [1.82, 2.24) is 15.2 Å². The quantitative estimate of drug-likeness (QED) is 0.694. The third-order valence-corrected chi connectivity index (χ3v) is 4.52. The summed E-state index contributed by atoms with van der Waals surface area (Å²) in [5, 5.41) is 2.86. The van der Waals surface area contributed by atoms with Gasteiger partial charge >= 0.3 is 0 Å². The van der Waals surface area contributed by atoms with Crippen LogP contribution < -0.4 is 10.9 Å². The topological polar surface area (TPSA) is 65.2 Å². The lowest BCUT2D eigenvalue weighted by Crippen LogP contribution is -2.29. The molecule has 2 aromatic carbocycles. The van der Waals surface area contributed by atoms with E-state index >= 15 is 0 Å². The number of benzene rings is 2. The molecule has 3 rings (SSSR count). The standard InChI is InChI=1S/C23H25N3O2/c1-16-8-13-21(23(28)25-16)22(27)24-14-19-6-4-5-7-20(19)18-11-9-17(10-12-18)15-26(2)3/h4-13H,14-15H2,1-3H3,(H,24,27)(H,25,28). The van der Waals surface area contributed by atoms with Crippen LogP contribution in [0.4, 0.5) is 0 Å². The average molecular weight is 375 g/mol. The number of nitrogens with zero attached hydrogens (tertiary/aromatic N) is 1. The molecule has 3 aromatic rings. The second-order valence-corrected chi connectivity index (χ2v) is 7.16.